The first-order valence-corrected chi connectivity index (χ1v) is 6.46. The molecular formula is C14H13N5O2. The number of rotatable bonds is 5. The maximum absolute atomic E-state index is 11.8. The highest BCUT2D eigenvalue weighted by molar-refractivity contribution is 5.89. The summed E-state index contributed by atoms with van der Waals surface area (Å²) in [5, 5.41) is 9.27. The molecule has 0 saturated heterocycles. The molecule has 7 nitrogen and oxygen atoms in total. The summed E-state index contributed by atoms with van der Waals surface area (Å²) in [7, 11) is 0. The van der Waals surface area contributed by atoms with E-state index in [-0.39, 0.29) is 11.9 Å². The molecule has 3 heterocycles. The summed E-state index contributed by atoms with van der Waals surface area (Å²) in [5.41, 5.74) is 1.01. The van der Waals surface area contributed by atoms with Gasteiger partial charge >= 0.3 is 0 Å². The normalized spacial score (nSPS) is 10.5. The second-order valence-corrected chi connectivity index (χ2v) is 4.39. The quantitative estimate of drug-likeness (QED) is 0.746. The zero-order valence-electron chi connectivity index (χ0n) is 11.1. The van der Waals surface area contributed by atoms with Crippen molar-refractivity contribution in [2.45, 2.75) is 12.8 Å². The third kappa shape index (κ3) is 3.33. The molecule has 7 heteroatoms. The molecule has 1 amide bonds. The molecule has 0 saturated carbocycles. The number of carbonyl (C=O) groups excluding carboxylic acids is 1. The fourth-order valence-electron chi connectivity index (χ4n) is 1.83. The number of pyridine rings is 1. The van der Waals surface area contributed by atoms with Gasteiger partial charge in [-0.05, 0) is 30.2 Å². The number of aryl methyl sites for hydroxylation is 1. The minimum atomic E-state index is -0.149. The Morgan fingerprint density at radius 2 is 2.29 bits per heavy atom. The Labute approximate surface area is 120 Å². The molecule has 0 aromatic carbocycles. The lowest BCUT2D eigenvalue weighted by Crippen LogP contribution is -2.13. The monoisotopic (exact) mass is 283 g/mol. The van der Waals surface area contributed by atoms with Crippen molar-refractivity contribution in [3.63, 3.8) is 0 Å². The molecular weight excluding hydrogens is 270 g/mol. The highest BCUT2D eigenvalue weighted by Gasteiger charge is 2.10. The molecule has 0 spiro atoms. The van der Waals surface area contributed by atoms with Crippen LogP contribution in [-0.2, 0) is 11.2 Å². The Kier molecular flexibility index (Phi) is 3.72. The second kappa shape index (κ2) is 6.00. The summed E-state index contributed by atoms with van der Waals surface area (Å²) >= 11 is 0. The van der Waals surface area contributed by atoms with Crippen LogP contribution in [0.4, 0.5) is 5.95 Å². The number of aromatic nitrogens is 4. The summed E-state index contributed by atoms with van der Waals surface area (Å²) in [6.07, 6.45) is 5.96. The third-order valence-corrected chi connectivity index (χ3v) is 2.85. The molecule has 0 aliphatic rings. The van der Waals surface area contributed by atoms with Gasteiger partial charge in [0.15, 0.2) is 11.6 Å². The Bertz CT molecular complexity index is 706. The largest absolute Gasteiger partial charge is 0.461 e. The van der Waals surface area contributed by atoms with Crippen molar-refractivity contribution in [3.8, 4) is 11.6 Å². The van der Waals surface area contributed by atoms with E-state index in [1.54, 1.807) is 30.8 Å². The fraction of sp³-hybridized carbons (Fsp3) is 0.143. The summed E-state index contributed by atoms with van der Waals surface area (Å²) in [6.45, 7) is 0. The van der Waals surface area contributed by atoms with Gasteiger partial charge in [0.25, 0.3) is 0 Å². The van der Waals surface area contributed by atoms with Crippen molar-refractivity contribution in [1.82, 2.24) is 20.2 Å². The van der Waals surface area contributed by atoms with Gasteiger partial charge in [0.05, 0.1) is 6.26 Å². The number of hydrogen-bond acceptors (Lipinski definition) is 5. The zero-order chi connectivity index (χ0) is 14.5. The van der Waals surface area contributed by atoms with Crippen molar-refractivity contribution in [3.05, 3.63) is 48.5 Å². The van der Waals surface area contributed by atoms with Crippen LogP contribution >= 0.6 is 0 Å². The lowest BCUT2D eigenvalue weighted by atomic mass is 10.1. The van der Waals surface area contributed by atoms with E-state index in [2.05, 4.69) is 25.5 Å². The molecule has 2 N–H and O–H groups in total. The van der Waals surface area contributed by atoms with Crippen molar-refractivity contribution >= 4 is 11.9 Å². The predicted octanol–water partition coefficient (Wildman–Crippen LogP) is 2.03. The van der Waals surface area contributed by atoms with Gasteiger partial charge in [-0.25, -0.2) is 0 Å². The average Bonchev–Trinajstić information content (AvgIpc) is 3.17. The van der Waals surface area contributed by atoms with E-state index in [0.29, 0.717) is 24.4 Å². The van der Waals surface area contributed by atoms with Gasteiger partial charge in [0.1, 0.15) is 0 Å². The van der Waals surface area contributed by atoms with Crippen LogP contribution in [0, 0.1) is 0 Å². The molecule has 0 bridgehead atoms. The van der Waals surface area contributed by atoms with Crippen LogP contribution in [0.5, 0.6) is 0 Å². The SMILES string of the molecule is O=C(CCc1cccnc1)Nc1n[nH]c(-c2ccco2)n1. The molecule has 0 atom stereocenters. The van der Waals surface area contributed by atoms with Crippen LogP contribution < -0.4 is 5.32 Å². The van der Waals surface area contributed by atoms with Crippen LogP contribution in [0.25, 0.3) is 11.6 Å². The first kappa shape index (κ1) is 13.0. The van der Waals surface area contributed by atoms with Gasteiger partial charge in [0.2, 0.25) is 11.9 Å². The van der Waals surface area contributed by atoms with Gasteiger partial charge in [-0.1, -0.05) is 6.07 Å². The zero-order valence-corrected chi connectivity index (χ0v) is 11.1. The molecule has 3 rings (SSSR count). The lowest BCUT2D eigenvalue weighted by molar-refractivity contribution is -0.116. The maximum atomic E-state index is 11.8. The Hall–Kier alpha value is -2.96. The summed E-state index contributed by atoms with van der Waals surface area (Å²) in [6, 6.07) is 7.29. The number of amides is 1. The number of furan rings is 1. The maximum Gasteiger partial charge on any atom is 0.249 e. The molecule has 0 aliphatic heterocycles. The van der Waals surface area contributed by atoms with E-state index in [0.717, 1.165) is 5.56 Å². The van der Waals surface area contributed by atoms with Gasteiger partial charge in [-0.3, -0.25) is 20.2 Å². The van der Waals surface area contributed by atoms with E-state index >= 15 is 0 Å². The number of hydrogen-bond donors (Lipinski definition) is 2. The van der Waals surface area contributed by atoms with Crippen LogP contribution in [0.1, 0.15) is 12.0 Å². The minimum Gasteiger partial charge on any atom is -0.461 e. The van der Waals surface area contributed by atoms with E-state index in [1.165, 1.54) is 0 Å². The van der Waals surface area contributed by atoms with E-state index < -0.39 is 0 Å². The van der Waals surface area contributed by atoms with Crippen LogP contribution in [0.2, 0.25) is 0 Å². The number of carbonyl (C=O) groups is 1. The molecule has 0 unspecified atom stereocenters. The van der Waals surface area contributed by atoms with E-state index in [9.17, 15) is 4.79 Å². The molecule has 0 fully saturated rings. The molecule has 3 aromatic heterocycles. The second-order valence-electron chi connectivity index (χ2n) is 4.39. The molecule has 106 valence electrons. The van der Waals surface area contributed by atoms with Crippen LogP contribution in [0.3, 0.4) is 0 Å². The van der Waals surface area contributed by atoms with E-state index in [1.807, 2.05) is 12.1 Å². The number of aromatic amines is 1. The third-order valence-electron chi connectivity index (χ3n) is 2.85. The predicted molar refractivity (Wildman–Crippen MR) is 75.3 cm³/mol. The number of H-pyrrole nitrogens is 1. The van der Waals surface area contributed by atoms with Crippen molar-refractivity contribution in [2.24, 2.45) is 0 Å². The summed E-state index contributed by atoms with van der Waals surface area (Å²) in [5.74, 6) is 1.13. The Morgan fingerprint density at radius 3 is 3.05 bits per heavy atom. The van der Waals surface area contributed by atoms with Crippen molar-refractivity contribution in [2.75, 3.05) is 5.32 Å². The molecule has 21 heavy (non-hydrogen) atoms. The summed E-state index contributed by atoms with van der Waals surface area (Å²) < 4.78 is 5.19. The van der Waals surface area contributed by atoms with Crippen molar-refractivity contribution in [1.29, 1.82) is 0 Å². The van der Waals surface area contributed by atoms with Crippen LogP contribution in [-0.4, -0.2) is 26.1 Å². The van der Waals surface area contributed by atoms with Gasteiger partial charge in [0, 0.05) is 18.8 Å². The number of anilines is 1. The fourth-order valence-corrected chi connectivity index (χ4v) is 1.83. The topological polar surface area (TPSA) is 96.7 Å². The first-order valence-electron chi connectivity index (χ1n) is 6.46. The van der Waals surface area contributed by atoms with E-state index in [4.69, 9.17) is 4.42 Å². The van der Waals surface area contributed by atoms with Gasteiger partial charge in [-0.2, -0.15) is 4.98 Å². The Balaban J connectivity index is 1.55. The highest BCUT2D eigenvalue weighted by Crippen LogP contribution is 2.15. The summed E-state index contributed by atoms with van der Waals surface area (Å²) in [4.78, 5) is 20.0. The van der Waals surface area contributed by atoms with Crippen LogP contribution in [0.15, 0.2) is 47.3 Å². The molecule has 3 aromatic rings. The van der Waals surface area contributed by atoms with Crippen molar-refractivity contribution < 1.29 is 9.21 Å². The first-order chi connectivity index (χ1) is 10.3. The number of nitrogens with one attached hydrogen (secondary N) is 2. The smallest absolute Gasteiger partial charge is 0.249 e. The highest BCUT2D eigenvalue weighted by atomic mass is 16.3. The minimum absolute atomic E-state index is 0.149. The standard InChI is InChI=1S/C14H13N5O2/c20-12(6-5-10-3-1-7-15-9-10)16-14-17-13(18-19-14)11-4-2-8-21-11/h1-4,7-9H,5-6H2,(H2,16,17,18,19,20). The lowest BCUT2D eigenvalue weighted by Gasteiger charge is -2.00. The van der Waals surface area contributed by atoms with Gasteiger partial charge in [-0.15, -0.1) is 5.10 Å². The van der Waals surface area contributed by atoms with Gasteiger partial charge < -0.3 is 4.42 Å². The number of nitrogens with zero attached hydrogens (tertiary/aromatic N) is 3. The molecule has 0 radical (unpaired) electrons. The Morgan fingerprint density at radius 1 is 1.33 bits per heavy atom. The molecule has 0 aliphatic carbocycles. The average molecular weight is 283 g/mol.